The van der Waals surface area contributed by atoms with Crippen molar-refractivity contribution in [2.75, 3.05) is 0 Å². The van der Waals surface area contributed by atoms with E-state index in [1.165, 1.54) is 0 Å². The predicted octanol–water partition coefficient (Wildman–Crippen LogP) is 1.15. The molecule has 0 saturated heterocycles. The van der Waals surface area contributed by atoms with Crippen molar-refractivity contribution in [2.45, 2.75) is 13.8 Å². The molecule has 0 aliphatic heterocycles. The standard InChI is InChI=1S/C7H5BN2.C2H6/c8-6-2-1-5-10-7(6)3-4-9-10;1-2/h1-5H;1-2H3. The van der Waals surface area contributed by atoms with E-state index in [4.69, 9.17) is 7.85 Å². The van der Waals surface area contributed by atoms with Crippen LogP contribution in [0.4, 0.5) is 0 Å². The van der Waals surface area contributed by atoms with Gasteiger partial charge < -0.3 is 0 Å². The van der Waals surface area contributed by atoms with Crippen molar-refractivity contribution in [3.63, 3.8) is 0 Å². The minimum absolute atomic E-state index is 0.764. The van der Waals surface area contributed by atoms with Gasteiger partial charge in [-0.3, -0.25) is 0 Å². The summed E-state index contributed by atoms with van der Waals surface area (Å²) in [5.41, 5.74) is 1.72. The quantitative estimate of drug-likeness (QED) is 0.525. The third-order valence-corrected chi connectivity index (χ3v) is 1.47. The lowest BCUT2D eigenvalue weighted by Crippen LogP contribution is -2.05. The molecule has 0 spiro atoms. The minimum atomic E-state index is 0.764. The molecule has 0 unspecified atom stereocenters. The van der Waals surface area contributed by atoms with E-state index in [0.717, 1.165) is 11.0 Å². The zero-order valence-corrected chi connectivity index (χ0v) is 7.36. The lowest BCUT2D eigenvalue weighted by atomic mass is 9.96. The lowest BCUT2D eigenvalue weighted by molar-refractivity contribution is 0.964. The summed E-state index contributed by atoms with van der Waals surface area (Å²) in [5.74, 6) is 0. The maximum Gasteiger partial charge on any atom is 0.116 e. The third kappa shape index (κ3) is 1.50. The zero-order chi connectivity index (χ0) is 8.97. The highest BCUT2D eigenvalue weighted by Gasteiger charge is 1.92. The van der Waals surface area contributed by atoms with Gasteiger partial charge in [0, 0.05) is 12.4 Å². The highest BCUT2D eigenvalue weighted by atomic mass is 15.2. The molecule has 0 N–H and O–H groups in total. The van der Waals surface area contributed by atoms with Crippen molar-refractivity contribution in [1.29, 1.82) is 0 Å². The van der Waals surface area contributed by atoms with Crippen LogP contribution in [0, 0.1) is 0 Å². The SMILES string of the molecule is CC.[B]c1cccn2nccc12. The molecule has 0 saturated carbocycles. The molecule has 2 rings (SSSR count). The van der Waals surface area contributed by atoms with Crippen molar-refractivity contribution in [3.05, 3.63) is 30.6 Å². The Morgan fingerprint density at radius 1 is 1.33 bits per heavy atom. The van der Waals surface area contributed by atoms with E-state index in [9.17, 15) is 0 Å². The Morgan fingerprint density at radius 2 is 2.08 bits per heavy atom. The molecule has 0 bridgehead atoms. The summed E-state index contributed by atoms with van der Waals surface area (Å²) in [4.78, 5) is 0. The smallest absolute Gasteiger partial charge is 0.116 e. The van der Waals surface area contributed by atoms with Gasteiger partial charge in [0.15, 0.2) is 0 Å². The topological polar surface area (TPSA) is 17.3 Å². The van der Waals surface area contributed by atoms with Gasteiger partial charge in [0.05, 0.1) is 5.52 Å². The highest BCUT2D eigenvalue weighted by Crippen LogP contribution is 1.95. The Kier molecular flexibility index (Phi) is 2.91. The van der Waals surface area contributed by atoms with Gasteiger partial charge in [-0.05, 0) is 12.1 Å². The van der Waals surface area contributed by atoms with E-state index in [-0.39, 0.29) is 0 Å². The second-order valence-corrected chi connectivity index (χ2v) is 2.12. The van der Waals surface area contributed by atoms with Gasteiger partial charge >= 0.3 is 0 Å². The van der Waals surface area contributed by atoms with Gasteiger partial charge in [0.25, 0.3) is 0 Å². The van der Waals surface area contributed by atoms with E-state index in [0.29, 0.717) is 0 Å². The van der Waals surface area contributed by atoms with Crippen molar-refractivity contribution in [2.24, 2.45) is 0 Å². The summed E-state index contributed by atoms with van der Waals surface area (Å²) in [6.45, 7) is 4.00. The van der Waals surface area contributed by atoms with Crippen LogP contribution in [-0.2, 0) is 0 Å². The number of hydrogen-bond donors (Lipinski definition) is 0. The van der Waals surface area contributed by atoms with Crippen LogP contribution in [0.15, 0.2) is 30.6 Å². The maximum atomic E-state index is 5.64. The molecule has 0 aliphatic rings. The average Bonchev–Trinajstić information content (AvgIpc) is 2.57. The normalized spacial score (nSPS) is 9.17. The molecule has 3 heteroatoms. The number of nitrogens with zero attached hydrogens (tertiary/aromatic N) is 2. The first-order valence-electron chi connectivity index (χ1n) is 4.06. The van der Waals surface area contributed by atoms with Crippen molar-refractivity contribution >= 4 is 18.8 Å². The van der Waals surface area contributed by atoms with Crippen LogP contribution in [0.5, 0.6) is 0 Å². The summed E-state index contributed by atoms with van der Waals surface area (Å²) in [5, 5.41) is 4.02. The van der Waals surface area contributed by atoms with Gasteiger partial charge in [-0.1, -0.05) is 25.4 Å². The van der Waals surface area contributed by atoms with Gasteiger partial charge in [-0.2, -0.15) is 5.10 Å². The first-order valence-corrected chi connectivity index (χ1v) is 4.06. The van der Waals surface area contributed by atoms with Crippen LogP contribution in [0.25, 0.3) is 5.52 Å². The largest absolute Gasteiger partial charge is 0.242 e. The molecule has 2 aromatic rings. The third-order valence-electron chi connectivity index (χ3n) is 1.47. The van der Waals surface area contributed by atoms with E-state index in [2.05, 4.69) is 5.10 Å². The minimum Gasteiger partial charge on any atom is -0.242 e. The summed E-state index contributed by atoms with van der Waals surface area (Å²) >= 11 is 0. The highest BCUT2D eigenvalue weighted by molar-refractivity contribution is 6.36. The summed E-state index contributed by atoms with van der Waals surface area (Å²) in [7, 11) is 5.64. The van der Waals surface area contributed by atoms with Crippen molar-refractivity contribution in [3.8, 4) is 0 Å². The van der Waals surface area contributed by atoms with Crippen molar-refractivity contribution in [1.82, 2.24) is 9.61 Å². The zero-order valence-electron chi connectivity index (χ0n) is 7.36. The molecule has 2 aromatic heterocycles. The number of fused-ring (bicyclic) bond motifs is 1. The molecule has 0 atom stereocenters. The molecule has 2 radical (unpaired) electrons. The molecular weight excluding hydrogens is 147 g/mol. The Labute approximate surface area is 73.6 Å². The Hall–Kier alpha value is -1.25. The second kappa shape index (κ2) is 3.95. The Balaban J connectivity index is 0.000000336. The van der Waals surface area contributed by atoms with E-state index >= 15 is 0 Å². The lowest BCUT2D eigenvalue weighted by Gasteiger charge is -1.94. The monoisotopic (exact) mass is 158 g/mol. The molecule has 0 aliphatic carbocycles. The molecule has 0 fully saturated rings. The first-order chi connectivity index (χ1) is 5.88. The maximum absolute atomic E-state index is 5.64. The number of rotatable bonds is 0. The van der Waals surface area contributed by atoms with Gasteiger partial charge in [-0.15, -0.1) is 0 Å². The average molecular weight is 158 g/mol. The fourth-order valence-corrected chi connectivity index (χ4v) is 0.975. The fourth-order valence-electron chi connectivity index (χ4n) is 0.975. The van der Waals surface area contributed by atoms with Gasteiger partial charge in [-0.25, -0.2) is 4.52 Å². The van der Waals surface area contributed by atoms with Crippen LogP contribution < -0.4 is 5.46 Å². The molecule has 12 heavy (non-hydrogen) atoms. The first kappa shape index (κ1) is 8.85. The predicted molar refractivity (Wildman–Crippen MR) is 51.9 cm³/mol. The molecule has 60 valence electrons. The van der Waals surface area contributed by atoms with Gasteiger partial charge in [0.1, 0.15) is 7.85 Å². The molecule has 2 nitrogen and oxygen atoms in total. The molecular formula is C9H11BN2. The van der Waals surface area contributed by atoms with Crippen molar-refractivity contribution < 1.29 is 0 Å². The van der Waals surface area contributed by atoms with Crippen LogP contribution in [-0.4, -0.2) is 17.5 Å². The summed E-state index contributed by atoms with van der Waals surface area (Å²) in [6, 6.07) is 5.61. The second-order valence-electron chi connectivity index (χ2n) is 2.12. The number of hydrogen-bond acceptors (Lipinski definition) is 1. The van der Waals surface area contributed by atoms with E-state index in [1.807, 2.05) is 38.2 Å². The van der Waals surface area contributed by atoms with Crippen LogP contribution in [0.1, 0.15) is 13.8 Å². The Morgan fingerprint density at radius 3 is 2.75 bits per heavy atom. The Bertz CT molecular complexity index is 354. The summed E-state index contributed by atoms with van der Waals surface area (Å²) < 4.78 is 1.75. The molecule has 2 heterocycles. The fraction of sp³-hybridized carbons (Fsp3) is 0.222. The number of pyridine rings is 1. The van der Waals surface area contributed by atoms with E-state index < -0.39 is 0 Å². The van der Waals surface area contributed by atoms with Crippen LogP contribution >= 0.6 is 0 Å². The van der Waals surface area contributed by atoms with Crippen LogP contribution in [0.3, 0.4) is 0 Å². The van der Waals surface area contributed by atoms with Crippen LogP contribution in [0.2, 0.25) is 0 Å². The number of aromatic nitrogens is 2. The summed E-state index contributed by atoms with van der Waals surface area (Å²) in [6.07, 6.45) is 3.59. The molecule has 0 amide bonds. The van der Waals surface area contributed by atoms with Gasteiger partial charge in [0.2, 0.25) is 0 Å². The van der Waals surface area contributed by atoms with E-state index in [1.54, 1.807) is 10.7 Å². The molecule has 0 aromatic carbocycles.